The van der Waals surface area contributed by atoms with Gasteiger partial charge in [0.2, 0.25) is 0 Å². The Balaban J connectivity index is 3.35. The van der Waals surface area contributed by atoms with Crippen molar-refractivity contribution in [3.05, 3.63) is 33.3 Å². The van der Waals surface area contributed by atoms with Crippen LogP contribution in [-0.2, 0) is 11.2 Å². The standard InChI is InChI=1S/C11H10BrNO2/c1-3-7-4-8(6-13)10(12)5-9(7)11(14)15-2/h4-5H,3H2,1-2H3. The molecule has 0 radical (unpaired) electrons. The molecule has 15 heavy (non-hydrogen) atoms. The maximum atomic E-state index is 11.4. The summed E-state index contributed by atoms with van der Waals surface area (Å²) in [6.45, 7) is 1.93. The Kier molecular flexibility index (Phi) is 3.87. The fraction of sp³-hybridized carbons (Fsp3) is 0.273. The van der Waals surface area contributed by atoms with Gasteiger partial charge in [0, 0.05) is 4.47 Å². The summed E-state index contributed by atoms with van der Waals surface area (Å²) in [5.41, 5.74) is 1.85. The number of carbonyl (C=O) groups excluding carboxylic acids is 1. The number of hydrogen-bond acceptors (Lipinski definition) is 3. The highest BCUT2D eigenvalue weighted by Crippen LogP contribution is 2.22. The Morgan fingerprint density at radius 3 is 2.73 bits per heavy atom. The van der Waals surface area contributed by atoms with Gasteiger partial charge in [-0.3, -0.25) is 0 Å². The first-order valence-corrected chi connectivity index (χ1v) is 5.24. The lowest BCUT2D eigenvalue weighted by molar-refractivity contribution is 0.0599. The number of carbonyl (C=O) groups is 1. The summed E-state index contributed by atoms with van der Waals surface area (Å²) in [7, 11) is 1.34. The van der Waals surface area contributed by atoms with Gasteiger partial charge in [-0.15, -0.1) is 0 Å². The van der Waals surface area contributed by atoms with E-state index in [-0.39, 0.29) is 5.97 Å². The van der Waals surface area contributed by atoms with E-state index < -0.39 is 0 Å². The topological polar surface area (TPSA) is 50.1 Å². The summed E-state index contributed by atoms with van der Waals surface area (Å²) in [4.78, 5) is 11.4. The van der Waals surface area contributed by atoms with Crippen molar-refractivity contribution in [2.45, 2.75) is 13.3 Å². The van der Waals surface area contributed by atoms with E-state index >= 15 is 0 Å². The third kappa shape index (κ3) is 2.37. The molecule has 0 N–H and O–H groups in total. The minimum Gasteiger partial charge on any atom is -0.465 e. The number of methoxy groups -OCH3 is 1. The van der Waals surface area contributed by atoms with Gasteiger partial charge in [-0.2, -0.15) is 5.26 Å². The summed E-state index contributed by atoms with van der Waals surface area (Å²) in [6, 6.07) is 5.39. The lowest BCUT2D eigenvalue weighted by atomic mass is 10.0. The van der Waals surface area contributed by atoms with E-state index in [4.69, 9.17) is 5.26 Å². The van der Waals surface area contributed by atoms with Crippen molar-refractivity contribution in [2.75, 3.05) is 7.11 Å². The van der Waals surface area contributed by atoms with Crippen LogP contribution in [0.15, 0.2) is 16.6 Å². The van der Waals surface area contributed by atoms with E-state index in [1.807, 2.05) is 6.92 Å². The molecule has 0 aromatic heterocycles. The Labute approximate surface area is 96.8 Å². The summed E-state index contributed by atoms with van der Waals surface area (Å²) >= 11 is 3.24. The second-order valence-corrected chi connectivity index (χ2v) is 3.80. The van der Waals surface area contributed by atoms with Crippen LogP contribution < -0.4 is 0 Å². The SMILES string of the molecule is CCc1cc(C#N)c(Br)cc1C(=O)OC. The lowest BCUT2D eigenvalue weighted by Crippen LogP contribution is -2.06. The second-order valence-electron chi connectivity index (χ2n) is 2.95. The summed E-state index contributed by atoms with van der Waals surface area (Å²) < 4.78 is 5.28. The van der Waals surface area contributed by atoms with E-state index in [1.54, 1.807) is 12.1 Å². The average Bonchev–Trinajstić information content (AvgIpc) is 2.27. The maximum Gasteiger partial charge on any atom is 0.338 e. The van der Waals surface area contributed by atoms with Crippen molar-refractivity contribution in [2.24, 2.45) is 0 Å². The number of aryl methyl sites for hydroxylation is 1. The first kappa shape index (κ1) is 11.7. The molecule has 78 valence electrons. The molecule has 0 bridgehead atoms. The number of halogens is 1. The van der Waals surface area contributed by atoms with Crippen molar-refractivity contribution in [1.82, 2.24) is 0 Å². The largest absolute Gasteiger partial charge is 0.465 e. The molecule has 1 rings (SSSR count). The van der Waals surface area contributed by atoms with Crippen LogP contribution in [0, 0.1) is 11.3 Å². The fourth-order valence-corrected chi connectivity index (χ4v) is 1.73. The zero-order chi connectivity index (χ0) is 11.4. The van der Waals surface area contributed by atoms with Crippen LogP contribution in [0.2, 0.25) is 0 Å². The molecule has 0 heterocycles. The highest BCUT2D eigenvalue weighted by atomic mass is 79.9. The van der Waals surface area contributed by atoms with Gasteiger partial charge in [0.05, 0.1) is 18.2 Å². The van der Waals surface area contributed by atoms with E-state index in [0.29, 0.717) is 22.0 Å². The average molecular weight is 268 g/mol. The first-order chi connectivity index (χ1) is 7.13. The van der Waals surface area contributed by atoms with Crippen LogP contribution in [0.5, 0.6) is 0 Å². The van der Waals surface area contributed by atoms with E-state index in [9.17, 15) is 4.79 Å². The Hall–Kier alpha value is -1.34. The lowest BCUT2D eigenvalue weighted by Gasteiger charge is -2.07. The van der Waals surface area contributed by atoms with Gasteiger partial charge in [-0.1, -0.05) is 6.92 Å². The van der Waals surface area contributed by atoms with Gasteiger partial charge in [0.15, 0.2) is 0 Å². The number of nitriles is 1. The number of ether oxygens (including phenoxy) is 1. The minimum absolute atomic E-state index is 0.378. The van der Waals surface area contributed by atoms with Gasteiger partial charge >= 0.3 is 5.97 Å². The Morgan fingerprint density at radius 2 is 2.27 bits per heavy atom. The Morgan fingerprint density at radius 1 is 1.60 bits per heavy atom. The molecule has 0 saturated carbocycles. The van der Waals surface area contributed by atoms with Crippen LogP contribution in [0.4, 0.5) is 0 Å². The van der Waals surface area contributed by atoms with Crippen LogP contribution in [-0.4, -0.2) is 13.1 Å². The molecule has 0 aliphatic carbocycles. The summed E-state index contributed by atoms with van der Waals surface area (Å²) in [6.07, 6.45) is 0.687. The van der Waals surface area contributed by atoms with Crippen LogP contribution >= 0.6 is 15.9 Å². The molecule has 0 atom stereocenters. The monoisotopic (exact) mass is 267 g/mol. The molecule has 1 aromatic carbocycles. The molecule has 1 aromatic rings. The predicted molar refractivity (Wildman–Crippen MR) is 59.6 cm³/mol. The van der Waals surface area contributed by atoms with Crippen molar-refractivity contribution in [3.8, 4) is 6.07 Å². The third-order valence-corrected chi connectivity index (χ3v) is 2.76. The molecule has 0 unspecified atom stereocenters. The van der Waals surface area contributed by atoms with Gasteiger partial charge in [-0.25, -0.2) is 4.79 Å². The van der Waals surface area contributed by atoms with Gasteiger partial charge < -0.3 is 4.74 Å². The molecule has 3 nitrogen and oxygen atoms in total. The number of nitrogens with zero attached hydrogens (tertiary/aromatic N) is 1. The Bertz CT molecular complexity index is 435. The summed E-state index contributed by atoms with van der Waals surface area (Å²) in [5.74, 6) is -0.378. The molecule has 0 fully saturated rings. The predicted octanol–water partition coefficient (Wildman–Crippen LogP) is 2.67. The molecule has 0 aliphatic rings. The highest BCUT2D eigenvalue weighted by molar-refractivity contribution is 9.10. The second kappa shape index (κ2) is 4.94. The van der Waals surface area contributed by atoms with Gasteiger partial charge in [0.1, 0.15) is 6.07 Å². The smallest absolute Gasteiger partial charge is 0.338 e. The van der Waals surface area contributed by atoms with E-state index in [0.717, 1.165) is 5.56 Å². The van der Waals surface area contributed by atoms with Crippen molar-refractivity contribution in [1.29, 1.82) is 5.26 Å². The molecule has 4 heteroatoms. The molecule has 0 amide bonds. The van der Waals surface area contributed by atoms with Gasteiger partial charge in [-0.05, 0) is 40.0 Å². The van der Waals surface area contributed by atoms with E-state index in [1.165, 1.54) is 7.11 Å². The minimum atomic E-state index is -0.378. The number of rotatable bonds is 2. The van der Waals surface area contributed by atoms with Crippen molar-refractivity contribution in [3.63, 3.8) is 0 Å². The highest BCUT2D eigenvalue weighted by Gasteiger charge is 2.13. The third-order valence-electron chi connectivity index (χ3n) is 2.10. The van der Waals surface area contributed by atoms with E-state index in [2.05, 4.69) is 26.7 Å². The number of esters is 1. The molecular formula is C11H10BrNO2. The van der Waals surface area contributed by atoms with Crippen molar-refractivity contribution >= 4 is 21.9 Å². The maximum absolute atomic E-state index is 11.4. The quantitative estimate of drug-likeness (QED) is 0.775. The van der Waals surface area contributed by atoms with Crippen molar-refractivity contribution < 1.29 is 9.53 Å². The molecule has 0 spiro atoms. The van der Waals surface area contributed by atoms with Crippen LogP contribution in [0.25, 0.3) is 0 Å². The summed E-state index contributed by atoms with van der Waals surface area (Å²) in [5, 5.41) is 8.83. The fourth-order valence-electron chi connectivity index (χ4n) is 1.30. The zero-order valence-electron chi connectivity index (χ0n) is 8.50. The van der Waals surface area contributed by atoms with Gasteiger partial charge in [0.25, 0.3) is 0 Å². The zero-order valence-corrected chi connectivity index (χ0v) is 10.1. The number of hydrogen-bond donors (Lipinski definition) is 0. The molecule has 0 aliphatic heterocycles. The van der Waals surface area contributed by atoms with Crippen LogP contribution in [0.3, 0.4) is 0 Å². The van der Waals surface area contributed by atoms with Crippen LogP contribution in [0.1, 0.15) is 28.4 Å². The first-order valence-electron chi connectivity index (χ1n) is 4.44. The number of benzene rings is 1. The molecule has 0 saturated heterocycles. The molecular weight excluding hydrogens is 258 g/mol. The normalized spacial score (nSPS) is 9.47.